The predicted octanol–water partition coefficient (Wildman–Crippen LogP) is 1.97. The molecule has 0 aromatic rings. The van der Waals surface area contributed by atoms with Crippen LogP contribution in [-0.2, 0) is 0 Å². The summed E-state index contributed by atoms with van der Waals surface area (Å²) in [6, 6.07) is 0. The van der Waals surface area contributed by atoms with Crippen molar-refractivity contribution in [3.05, 3.63) is 0 Å². The molecule has 0 heterocycles. The molecule has 0 fully saturated rings. The molecule has 0 amide bonds. The van der Waals surface area contributed by atoms with Gasteiger partial charge in [0.1, 0.15) is 0 Å². The van der Waals surface area contributed by atoms with Crippen molar-refractivity contribution in [1.82, 2.24) is 0 Å². The first-order valence-corrected chi connectivity index (χ1v) is 4.11. The maximum absolute atomic E-state index is 9.39. The van der Waals surface area contributed by atoms with E-state index in [0.29, 0.717) is 3.92 Å². The van der Waals surface area contributed by atoms with E-state index in [1.165, 1.54) is 0 Å². The standard InChI is InChI=1S/C6H13IO/c1-4-6(3,8)5(2)7/h5,8H,4H2,1-3H3/t5-,6+/m0/s1. The fraction of sp³-hybridized carbons (Fsp3) is 1.00. The molecule has 2 heteroatoms. The van der Waals surface area contributed by atoms with Gasteiger partial charge in [0, 0.05) is 3.92 Å². The van der Waals surface area contributed by atoms with Crippen LogP contribution in [0.5, 0.6) is 0 Å². The Labute approximate surface area is 64.6 Å². The summed E-state index contributed by atoms with van der Waals surface area (Å²) in [5.74, 6) is 0. The van der Waals surface area contributed by atoms with Gasteiger partial charge in [-0.3, -0.25) is 0 Å². The number of rotatable bonds is 2. The summed E-state index contributed by atoms with van der Waals surface area (Å²) in [6.07, 6.45) is 0.830. The first-order chi connectivity index (χ1) is 3.50. The molecule has 0 bridgehead atoms. The zero-order valence-corrected chi connectivity index (χ0v) is 7.77. The van der Waals surface area contributed by atoms with Crippen LogP contribution >= 0.6 is 22.6 Å². The highest BCUT2D eigenvalue weighted by Crippen LogP contribution is 2.20. The number of aliphatic hydroxyl groups is 1. The number of hydrogen-bond donors (Lipinski definition) is 1. The third-order valence-corrected chi connectivity index (χ3v) is 2.91. The van der Waals surface area contributed by atoms with Crippen molar-refractivity contribution in [2.45, 2.75) is 36.7 Å². The van der Waals surface area contributed by atoms with Gasteiger partial charge in [0.25, 0.3) is 0 Å². The van der Waals surface area contributed by atoms with Gasteiger partial charge < -0.3 is 5.11 Å². The highest BCUT2D eigenvalue weighted by molar-refractivity contribution is 14.1. The van der Waals surface area contributed by atoms with Crippen LogP contribution < -0.4 is 0 Å². The van der Waals surface area contributed by atoms with Gasteiger partial charge in [-0.15, -0.1) is 0 Å². The largest absolute Gasteiger partial charge is 0.389 e. The molecule has 0 aliphatic rings. The lowest BCUT2D eigenvalue weighted by Gasteiger charge is -2.23. The van der Waals surface area contributed by atoms with Crippen molar-refractivity contribution in [2.75, 3.05) is 0 Å². The van der Waals surface area contributed by atoms with Gasteiger partial charge in [-0.25, -0.2) is 0 Å². The molecule has 1 nitrogen and oxygen atoms in total. The summed E-state index contributed by atoms with van der Waals surface area (Å²) < 4.78 is 0.338. The second kappa shape index (κ2) is 3.01. The highest BCUT2D eigenvalue weighted by atomic mass is 127. The first-order valence-electron chi connectivity index (χ1n) is 2.87. The van der Waals surface area contributed by atoms with Crippen LogP contribution in [0.2, 0.25) is 0 Å². The lowest BCUT2D eigenvalue weighted by Crippen LogP contribution is -2.31. The van der Waals surface area contributed by atoms with Crippen molar-refractivity contribution in [2.24, 2.45) is 0 Å². The van der Waals surface area contributed by atoms with E-state index in [2.05, 4.69) is 22.6 Å². The zero-order valence-electron chi connectivity index (χ0n) is 5.61. The van der Waals surface area contributed by atoms with Gasteiger partial charge in [-0.2, -0.15) is 0 Å². The lowest BCUT2D eigenvalue weighted by molar-refractivity contribution is 0.0623. The van der Waals surface area contributed by atoms with Crippen molar-refractivity contribution in [3.8, 4) is 0 Å². The van der Waals surface area contributed by atoms with Gasteiger partial charge in [0.15, 0.2) is 0 Å². The third-order valence-electron chi connectivity index (χ3n) is 1.57. The average molecular weight is 228 g/mol. The topological polar surface area (TPSA) is 20.2 Å². The van der Waals surface area contributed by atoms with E-state index < -0.39 is 5.60 Å². The summed E-state index contributed by atoms with van der Waals surface area (Å²) in [6.45, 7) is 5.88. The van der Waals surface area contributed by atoms with Gasteiger partial charge in [0.2, 0.25) is 0 Å². The summed E-state index contributed by atoms with van der Waals surface area (Å²) in [4.78, 5) is 0. The predicted molar refractivity (Wildman–Crippen MR) is 44.4 cm³/mol. The van der Waals surface area contributed by atoms with Crippen LogP contribution in [-0.4, -0.2) is 14.6 Å². The van der Waals surface area contributed by atoms with E-state index in [-0.39, 0.29) is 0 Å². The molecule has 0 saturated heterocycles. The fourth-order valence-electron chi connectivity index (χ4n) is 0.281. The van der Waals surface area contributed by atoms with Crippen LogP contribution in [0.15, 0.2) is 0 Å². The highest BCUT2D eigenvalue weighted by Gasteiger charge is 2.22. The molecule has 8 heavy (non-hydrogen) atoms. The van der Waals surface area contributed by atoms with Crippen molar-refractivity contribution < 1.29 is 5.11 Å². The minimum absolute atomic E-state index is 0.338. The van der Waals surface area contributed by atoms with Crippen molar-refractivity contribution in [3.63, 3.8) is 0 Å². The Morgan fingerprint density at radius 2 is 2.12 bits per heavy atom. The van der Waals surface area contributed by atoms with Crippen LogP contribution in [0, 0.1) is 0 Å². The van der Waals surface area contributed by atoms with Crippen molar-refractivity contribution >= 4 is 22.6 Å². The molecule has 50 valence electrons. The Balaban J connectivity index is 3.71. The SMILES string of the molecule is CC[C@@](C)(O)[C@H](C)I. The van der Waals surface area contributed by atoms with Crippen LogP contribution in [0.4, 0.5) is 0 Å². The van der Waals surface area contributed by atoms with Crippen LogP contribution in [0.3, 0.4) is 0 Å². The Kier molecular flexibility index (Phi) is 3.27. The fourth-order valence-corrected chi connectivity index (χ4v) is 0.722. The summed E-state index contributed by atoms with van der Waals surface area (Å²) in [5, 5.41) is 9.39. The molecule has 0 aromatic heterocycles. The van der Waals surface area contributed by atoms with E-state index in [4.69, 9.17) is 0 Å². The maximum atomic E-state index is 9.39. The first kappa shape index (κ1) is 8.69. The van der Waals surface area contributed by atoms with Gasteiger partial charge >= 0.3 is 0 Å². The van der Waals surface area contributed by atoms with E-state index in [1.54, 1.807) is 0 Å². The van der Waals surface area contributed by atoms with E-state index in [0.717, 1.165) is 6.42 Å². The minimum Gasteiger partial charge on any atom is -0.389 e. The molecule has 1 N–H and O–H groups in total. The minimum atomic E-state index is -0.472. The molecule has 0 radical (unpaired) electrons. The molecule has 0 spiro atoms. The molecule has 0 saturated carbocycles. The van der Waals surface area contributed by atoms with Crippen LogP contribution in [0.1, 0.15) is 27.2 Å². The normalized spacial score (nSPS) is 22.1. The quantitative estimate of drug-likeness (QED) is 0.565. The number of alkyl halides is 1. The van der Waals surface area contributed by atoms with E-state index in [9.17, 15) is 5.11 Å². The maximum Gasteiger partial charge on any atom is 0.0731 e. The second-order valence-corrected chi connectivity index (χ2v) is 4.20. The number of halogens is 1. The molecule has 0 rings (SSSR count). The van der Waals surface area contributed by atoms with Crippen molar-refractivity contribution in [1.29, 1.82) is 0 Å². The molecule has 0 aliphatic carbocycles. The van der Waals surface area contributed by atoms with Gasteiger partial charge in [-0.1, -0.05) is 36.4 Å². The number of hydrogen-bond acceptors (Lipinski definition) is 1. The molecule has 0 aliphatic heterocycles. The van der Waals surface area contributed by atoms with E-state index in [1.807, 2.05) is 20.8 Å². The summed E-state index contributed by atoms with van der Waals surface area (Å²) in [7, 11) is 0. The molecule has 2 atom stereocenters. The van der Waals surface area contributed by atoms with Gasteiger partial charge in [-0.05, 0) is 13.3 Å². The Bertz CT molecular complexity index is 68.9. The smallest absolute Gasteiger partial charge is 0.0731 e. The summed E-state index contributed by atoms with van der Waals surface area (Å²) in [5.41, 5.74) is -0.472. The monoisotopic (exact) mass is 228 g/mol. The molecule has 0 aromatic carbocycles. The third kappa shape index (κ3) is 2.31. The Hall–Kier alpha value is 0.690. The molecule has 0 unspecified atom stereocenters. The Morgan fingerprint density at radius 3 is 2.12 bits per heavy atom. The van der Waals surface area contributed by atoms with Crippen LogP contribution in [0.25, 0.3) is 0 Å². The van der Waals surface area contributed by atoms with Gasteiger partial charge in [0.05, 0.1) is 5.60 Å². The average Bonchev–Trinajstić information content (AvgIpc) is 1.67. The lowest BCUT2D eigenvalue weighted by atomic mass is 10.0. The second-order valence-electron chi connectivity index (χ2n) is 2.33. The zero-order chi connectivity index (χ0) is 6.78. The molecular formula is C6H13IO. The molecular weight excluding hydrogens is 215 g/mol. The Morgan fingerprint density at radius 1 is 1.75 bits per heavy atom. The summed E-state index contributed by atoms with van der Waals surface area (Å²) >= 11 is 2.24. The van der Waals surface area contributed by atoms with E-state index >= 15 is 0 Å².